The molecule has 1 saturated heterocycles. The molecule has 1 aromatic carbocycles. The third-order valence-corrected chi connectivity index (χ3v) is 3.45. The minimum Gasteiger partial charge on any atom is -0.497 e. The van der Waals surface area contributed by atoms with Crippen LogP contribution < -0.4 is 9.47 Å². The third-order valence-electron chi connectivity index (χ3n) is 3.45. The lowest BCUT2D eigenvalue weighted by Crippen LogP contribution is -2.48. The molecule has 0 aromatic heterocycles. The van der Waals surface area contributed by atoms with Crippen molar-refractivity contribution in [1.29, 1.82) is 0 Å². The lowest BCUT2D eigenvalue weighted by atomic mass is 10.2. The molecule has 1 aliphatic heterocycles. The van der Waals surface area contributed by atoms with Crippen LogP contribution in [0.1, 0.15) is 13.8 Å². The van der Waals surface area contributed by atoms with Gasteiger partial charge in [0, 0.05) is 25.7 Å². The van der Waals surface area contributed by atoms with Crippen LogP contribution in [0.25, 0.3) is 0 Å². The molecule has 1 aromatic rings. The van der Waals surface area contributed by atoms with Crippen molar-refractivity contribution in [3.8, 4) is 11.5 Å². The van der Waals surface area contributed by atoms with Gasteiger partial charge in [-0.3, -0.25) is 4.90 Å². The maximum absolute atomic E-state index is 10.1. The monoisotopic (exact) mass is 331 g/mol. The van der Waals surface area contributed by atoms with Crippen molar-refractivity contribution in [3.05, 3.63) is 24.3 Å². The second-order valence-electron chi connectivity index (χ2n) is 5.62. The summed E-state index contributed by atoms with van der Waals surface area (Å²) >= 11 is 0. The predicted molar refractivity (Wildman–Crippen MR) is 88.2 cm³/mol. The van der Waals surface area contributed by atoms with Gasteiger partial charge in [0.1, 0.15) is 24.2 Å². The Kier molecular flexibility index (Phi) is 7.96. The van der Waals surface area contributed by atoms with E-state index in [1.165, 1.54) is 0 Å². The topological polar surface area (TPSA) is 51.2 Å². The second kappa shape index (κ2) is 9.20. The SMILES string of the molecule is COc1cccc(OCC(O)CN2CC(C)OC(C)C2)c1.Cl. The highest BCUT2D eigenvalue weighted by atomic mass is 35.5. The lowest BCUT2D eigenvalue weighted by Gasteiger charge is -2.36. The normalized spacial score (nSPS) is 23.5. The summed E-state index contributed by atoms with van der Waals surface area (Å²) in [5.74, 6) is 1.45. The van der Waals surface area contributed by atoms with E-state index in [9.17, 15) is 5.11 Å². The minimum absolute atomic E-state index is 0. The summed E-state index contributed by atoms with van der Waals surface area (Å²) in [4.78, 5) is 2.22. The first kappa shape index (κ1) is 19.0. The zero-order chi connectivity index (χ0) is 15.2. The molecule has 0 bridgehead atoms. The van der Waals surface area contributed by atoms with Gasteiger partial charge >= 0.3 is 0 Å². The lowest BCUT2D eigenvalue weighted by molar-refractivity contribution is -0.0786. The number of rotatable bonds is 6. The van der Waals surface area contributed by atoms with Gasteiger partial charge in [-0.1, -0.05) is 6.07 Å². The van der Waals surface area contributed by atoms with E-state index in [2.05, 4.69) is 18.7 Å². The first-order valence-electron chi connectivity index (χ1n) is 7.39. The highest BCUT2D eigenvalue weighted by Gasteiger charge is 2.23. The molecule has 0 saturated carbocycles. The summed E-state index contributed by atoms with van der Waals surface area (Å²) in [7, 11) is 1.62. The Morgan fingerprint density at radius 1 is 1.27 bits per heavy atom. The van der Waals surface area contributed by atoms with E-state index in [0.717, 1.165) is 18.8 Å². The number of hydrogen-bond acceptors (Lipinski definition) is 5. The second-order valence-corrected chi connectivity index (χ2v) is 5.62. The average Bonchev–Trinajstić information content (AvgIpc) is 2.44. The van der Waals surface area contributed by atoms with Gasteiger partial charge < -0.3 is 19.3 Å². The number of hydrogen-bond donors (Lipinski definition) is 1. The fraction of sp³-hybridized carbons (Fsp3) is 0.625. The minimum atomic E-state index is -0.520. The van der Waals surface area contributed by atoms with Gasteiger partial charge in [-0.05, 0) is 26.0 Å². The van der Waals surface area contributed by atoms with Gasteiger partial charge in [-0.15, -0.1) is 12.4 Å². The number of aliphatic hydroxyl groups excluding tert-OH is 1. The van der Waals surface area contributed by atoms with Crippen LogP contribution in [0.15, 0.2) is 24.3 Å². The molecule has 5 nitrogen and oxygen atoms in total. The Balaban J connectivity index is 0.00000242. The molecule has 1 fully saturated rings. The fourth-order valence-corrected chi connectivity index (χ4v) is 2.67. The highest BCUT2D eigenvalue weighted by Crippen LogP contribution is 2.19. The van der Waals surface area contributed by atoms with E-state index in [-0.39, 0.29) is 31.2 Å². The summed E-state index contributed by atoms with van der Waals surface area (Å²) in [6, 6.07) is 7.39. The number of morpholine rings is 1. The summed E-state index contributed by atoms with van der Waals surface area (Å²) in [6.07, 6.45) is -0.103. The molecule has 1 heterocycles. The van der Waals surface area contributed by atoms with E-state index in [0.29, 0.717) is 12.3 Å². The van der Waals surface area contributed by atoms with Gasteiger partial charge in [0.25, 0.3) is 0 Å². The molecule has 1 aliphatic rings. The molecule has 0 aliphatic carbocycles. The molecule has 2 rings (SSSR count). The van der Waals surface area contributed by atoms with E-state index in [1.807, 2.05) is 24.3 Å². The van der Waals surface area contributed by atoms with Gasteiger partial charge in [0.15, 0.2) is 0 Å². The van der Waals surface area contributed by atoms with Crippen LogP contribution in [-0.2, 0) is 4.74 Å². The number of aliphatic hydroxyl groups is 1. The highest BCUT2D eigenvalue weighted by molar-refractivity contribution is 5.85. The van der Waals surface area contributed by atoms with Crippen LogP contribution in [0.4, 0.5) is 0 Å². The van der Waals surface area contributed by atoms with Gasteiger partial charge in [-0.2, -0.15) is 0 Å². The predicted octanol–water partition coefficient (Wildman–Crippen LogP) is 1.97. The molecular weight excluding hydrogens is 306 g/mol. The molecule has 1 N–H and O–H groups in total. The van der Waals surface area contributed by atoms with E-state index in [4.69, 9.17) is 14.2 Å². The Hall–Kier alpha value is -1.01. The molecular formula is C16H26ClNO4. The molecule has 0 spiro atoms. The Morgan fingerprint density at radius 3 is 2.55 bits per heavy atom. The van der Waals surface area contributed by atoms with Crippen LogP contribution in [0.5, 0.6) is 11.5 Å². The summed E-state index contributed by atoms with van der Waals surface area (Å²) in [5, 5.41) is 10.1. The molecule has 0 amide bonds. The van der Waals surface area contributed by atoms with Crippen molar-refractivity contribution >= 4 is 12.4 Å². The molecule has 22 heavy (non-hydrogen) atoms. The zero-order valence-electron chi connectivity index (χ0n) is 13.4. The van der Waals surface area contributed by atoms with Crippen LogP contribution in [0.2, 0.25) is 0 Å². The number of nitrogens with zero attached hydrogens (tertiary/aromatic N) is 1. The molecule has 6 heteroatoms. The quantitative estimate of drug-likeness (QED) is 0.863. The molecule has 3 unspecified atom stereocenters. The van der Waals surface area contributed by atoms with Crippen LogP contribution in [0, 0.1) is 0 Å². The van der Waals surface area contributed by atoms with Crippen molar-refractivity contribution in [1.82, 2.24) is 4.90 Å². The first-order valence-corrected chi connectivity index (χ1v) is 7.39. The van der Waals surface area contributed by atoms with Crippen molar-refractivity contribution in [2.45, 2.75) is 32.2 Å². The number of methoxy groups -OCH3 is 1. The first-order chi connectivity index (χ1) is 10.1. The average molecular weight is 332 g/mol. The van der Waals surface area contributed by atoms with Crippen molar-refractivity contribution in [3.63, 3.8) is 0 Å². The summed E-state index contributed by atoms with van der Waals surface area (Å²) < 4.78 is 16.4. The summed E-state index contributed by atoms with van der Waals surface area (Å²) in [6.45, 7) is 6.68. The summed E-state index contributed by atoms with van der Waals surface area (Å²) in [5.41, 5.74) is 0. The number of benzene rings is 1. The fourth-order valence-electron chi connectivity index (χ4n) is 2.67. The van der Waals surface area contributed by atoms with Crippen LogP contribution in [-0.4, -0.2) is 61.7 Å². The molecule has 3 atom stereocenters. The largest absolute Gasteiger partial charge is 0.497 e. The third kappa shape index (κ3) is 6.01. The van der Waals surface area contributed by atoms with Crippen molar-refractivity contribution in [2.24, 2.45) is 0 Å². The van der Waals surface area contributed by atoms with Gasteiger partial charge in [0.2, 0.25) is 0 Å². The number of β-amino-alcohol motifs (C(OH)–C–C–N with tert-alkyl or cyclic N) is 1. The molecule has 0 radical (unpaired) electrons. The van der Waals surface area contributed by atoms with Gasteiger partial charge in [0.05, 0.1) is 19.3 Å². The van der Waals surface area contributed by atoms with Gasteiger partial charge in [-0.25, -0.2) is 0 Å². The Bertz CT molecular complexity index is 436. The Morgan fingerprint density at radius 2 is 1.91 bits per heavy atom. The van der Waals surface area contributed by atoms with E-state index < -0.39 is 6.10 Å². The number of ether oxygens (including phenoxy) is 3. The standard InChI is InChI=1S/C16H25NO4.ClH/c1-12-8-17(9-13(2)21-12)10-14(18)11-20-16-6-4-5-15(7-16)19-3;/h4-7,12-14,18H,8-11H2,1-3H3;1H. The van der Waals surface area contributed by atoms with Crippen LogP contribution in [0.3, 0.4) is 0 Å². The van der Waals surface area contributed by atoms with Crippen molar-refractivity contribution < 1.29 is 19.3 Å². The van der Waals surface area contributed by atoms with E-state index in [1.54, 1.807) is 7.11 Å². The maximum atomic E-state index is 10.1. The number of halogens is 1. The van der Waals surface area contributed by atoms with Crippen LogP contribution >= 0.6 is 12.4 Å². The maximum Gasteiger partial charge on any atom is 0.123 e. The van der Waals surface area contributed by atoms with Crippen molar-refractivity contribution in [2.75, 3.05) is 33.4 Å². The molecule has 126 valence electrons. The van der Waals surface area contributed by atoms with E-state index >= 15 is 0 Å². The Labute approximate surface area is 138 Å². The smallest absolute Gasteiger partial charge is 0.123 e. The zero-order valence-corrected chi connectivity index (χ0v) is 14.2.